The summed E-state index contributed by atoms with van der Waals surface area (Å²) < 4.78 is 17.3. The molecular weight excluding hydrogens is 504 g/mol. The molecule has 0 saturated carbocycles. The average Bonchev–Trinajstić information content (AvgIpc) is 2.95. The first-order chi connectivity index (χ1) is 18.7. The highest BCUT2D eigenvalue weighted by atomic mass is 28.4. The topological polar surface area (TPSA) is 60.9 Å². The maximum absolute atomic E-state index is 12.1. The normalized spacial score (nSPS) is 15.0. The Bertz CT molecular complexity index is 1260. The van der Waals surface area contributed by atoms with Crippen LogP contribution in [0.4, 0.5) is 11.4 Å². The van der Waals surface area contributed by atoms with Crippen molar-refractivity contribution in [3.63, 3.8) is 0 Å². The lowest BCUT2D eigenvalue weighted by atomic mass is 9.87. The highest BCUT2D eigenvalue weighted by molar-refractivity contribution is 6.72. The third-order valence-electron chi connectivity index (χ3n) is 8.20. The Morgan fingerprint density at radius 3 is 2.56 bits per heavy atom. The van der Waals surface area contributed by atoms with Crippen LogP contribution >= 0.6 is 0 Å². The quantitative estimate of drug-likeness (QED) is 0.186. The lowest BCUT2D eigenvalue weighted by Gasteiger charge is -2.28. The molecule has 0 aliphatic carbocycles. The van der Waals surface area contributed by atoms with Gasteiger partial charge in [-0.25, -0.2) is 4.79 Å². The van der Waals surface area contributed by atoms with E-state index in [0.29, 0.717) is 23.6 Å². The number of anilines is 2. The van der Waals surface area contributed by atoms with E-state index >= 15 is 0 Å². The van der Waals surface area contributed by atoms with Crippen molar-refractivity contribution >= 4 is 25.7 Å². The van der Waals surface area contributed by atoms with Gasteiger partial charge in [0.25, 0.3) is 0 Å². The summed E-state index contributed by atoms with van der Waals surface area (Å²) in [4.78, 5) is 18.6. The summed E-state index contributed by atoms with van der Waals surface area (Å²) >= 11 is 0. The standard InChI is InChI=1S/C32H42N2O4Si/c1-23(2)39(5,6)38-20-16-24-7-11-27(12-8-24)34(3)28-13-14-29-25(17-19-37-31(29)21-28)9-10-26-22-33-18-15-30(26)32(35)36-4/h7-8,11-15,18,21-23,25H,9-10,16-17,19-20H2,1-6H3/t25-/m1/s1. The average molecular weight is 547 g/mol. The molecule has 0 bridgehead atoms. The molecule has 7 heteroatoms. The molecule has 1 atom stereocenters. The van der Waals surface area contributed by atoms with Gasteiger partial charge in [0.2, 0.25) is 0 Å². The lowest BCUT2D eigenvalue weighted by molar-refractivity contribution is 0.0599. The second kappa shape index (κ2) is 12.8. The third-order valence-corrected chi connectivity index (χ3v) is 11.9. The molecular formula is C32H42N2O4Si. The summed E-state index contributed by atoms with van der Waals surface area (Å²) in [5.41, 5.74) is 6.88. The van der Waals surface area contributed by atoms with Gasteiger partial charge in [0.1, 0.15) is 5.75 Å². The van der Waals surface area contributed by atoms with Gasteiger partial charge in [-0.2, -0.15) is 0 Å². The predicted octanol–water partition coefficient (Wildman–Crippen LogP) is 7.31. The number of ether oxygens (including phenoxy) is 2. The maximum atomic E-state index is 12.1. The Balaban J connectivity index is 1.40. The molecule has 0 saturated heterocycles. The minimum atomic E-state index is -1.60. The van der Waals surface area contributed by atoms with Crippen molar-refractivity contribution in [2.24, 2.45) is 0 Å². The predicted molar refractivity (Wildman–Crippen MR) is 160 cm³/mol. The number of hydrogen-bond donors (Lipinski definition) is 0. The highest BCUT2D eigenvalue weighted by Crippen LogP contribution is 2.40. The monoisotopic (exact) mass is 546 g/mol. The van der Waals surface area contributed by atoms with Gasteiger partial charge < -0.3 is 18.8 Å². The molecule has 4 rings (SSSR count). The zero-order valence-electron chi connectivity index (χ0n) is 24.2. The number of fused-ring (bicyclic) bond motifs is 1. The van der Waals surface area contributed by atoms with Gasteiger partial charge >= 0.3 is 5.97 Å². The van der Waals surface area contributed by atoms with Crippen molar-refractivity contribution in [2.75, 3.05) is 32.3 Å². The van der Waals surface area contributed by atoms with E-state index in [1.807, 2.05) is 0 Å². The van der Waals surface area contributed by atoms with Gasteiger partial charge in [-0.15, -0.1) is 0 Å². The van der Waals surface area contributed by atoms with Crippen molar-refractivity contribution in [3.05, 3.63) is 83.2 Å². The number of nitrogens with zero attached hydrogens (tertiary/aromatic N) is 2. The van der Waals surface area contributed by atoms with E-state index in [2.05, 4.69) is 86.3 Å². The largest absolute Gasteiger partial charge is 0.493 e. The SMILES string of the molecule is COC(=O)c1ccncc1CC[C@@H]1CCOc2cc(N(C)c3ccc(CCO[Si](C)(C)C(C)C)cc3)ccc21. The molecule has 39 heavy (non-hydrogen) atoms. The summed E-state index contributed by atoms with van der Waals surface area (Å²) in [6.07, 6.45) is 6.98. The van der Waals surface area contributed by atoms with E-state index in [-0.39, 0.29) is 5.97 Å². The second-order valence-electron chi connectivity index (χ2n) is 11.2. The van der Waals surface area contributed by atoms with E-state index in [4.69, 9.17) is 13.9 Å². The molecule has 2 aromatic carbocycles. The smallest absolute Gasteiger partial charge is 0.338 e. The molecule has 0 unspecified atom stereocenters. The van der Waals surface area contributed by atoms with Crippen LogP contribution in [0.15, 0.2) is 60.9 Å². The van der Waals surface area contributed by atoms with Crippen LogP contribution in [0.3, 0.4) is 0 Å². The van der Waals surface area contributed by atoms with E-state index in [0.717, 1.165) is 55.0 Å². The molecule has 1 aliphatic rings. The summed E-state index contributed by atoms with van der Waals surface area (Å²) in [5.74, 6) is 0.996. The number of benzene rings is 2. The Kier molecular flexibility index (Phi) is 9.46. The number of pyridine rings is 1. The molecule has 3 aromatic rings. The summed E-state index contributed by atoms with van der Waals surface area (Å²) in [5, 5.41) is 0. The molecule has 208 valence electrons. The minimum Gasteiger partial charge on any atom is -0.493 e. The van der Waals surface area contributed by atoms with Crippen LogP contribution in [0.5, 0.6) is 5.75 Å². The maximum Gasteiger partial charge on any atom is 0.338 e. The van der Waals surface area contributed by atoms with Crippen molar-refractivity contribution in [2.45, 2.75) is 64.1 Å². The van der Waals surface area contributed by atoms with E-state index in [9.17, 15) is 4.79 Å². The summed E-state index contributed by atoms with van der Waals surface area (Å²) in [6.45, 7) is 10.6. The van der Waals surface area contributed by atoms with Gasteiger partial charge in [0, 0.05) is 43.5 Å². The number of aryl methyl sites for hydroxylation is 1. The van der Waals surface area contributed by atoms with Gasteiger partial charge in [-0.3, -0.25) is 4.98 Å². The zero-order valence-corrected chi connectivity index (χ0v) is 25.2. The first-order valence-electron chi connectivity index (χ1n) is 13.9. The number of esters is 1. The number of methoxy groups -OCH3 is 1. The van der Waals surface area contributed by atoms with E-state index in [1.54, 1.807) is 18.5 Å². The van der Waals surface area contributed by atoms with Crippen LogP contribution in [0.25, 0.3) is 0 Å². The fraction of sp³-hybridized carbons (Fsp3) is 0.438. The fourth-order valence-electron chi connectivity index (χ4n) is 4.86. The zero-order chi connectivity index (χ0) is 28.0. The third kappa shape index (κ3) is 7.08. The first-order valence-corrected chi connectivity index (χ1v) is 16.9. The van der Waals surface area contributed by atoms with E-state index in [1.165, 1.54) is 18.2 Å². The van der Waals surface area contributed by atoms with Gasteiger partial charge in [0.15, 0.2) is 8.32 Å². The molecule has 6 nitrogen and oxygen atoms in total. The van der Waals surface area contributed by atoms with Crippen LogP contribution in [0, 0.1) is 0 Å². The van der Waals surface area contributed by atoms with Crippen molar-refractivity contribution in [1.82, 2.24) is 4.98 Å². The minimum absolute atomic E-state index is 0.314. The number of carbonyl (C=O) groups excluding carboxylic acids is 1. The summed E-state index contributed by atoms with van der Waals surface area (Å²) in [6, 6.07) is 17.0. The van der Waals surface area contributed by atoms with Crippen LogP contribution in [-0.2, 0) is 22.0 Å². The molecule has 0 amide bonds. The van der Waals surface area contributed by atoms with E-state index < -0.39 is 8.32 Å². The number of carbonyl (C=O) groups is 1. The van der Waals surface area contributed by atoms with Gasteiger partial charge in [-0.1, -0.05) is 32.0 Å². The molecule has 1 aliphatic heterocycles. The van der Waals surface area contributed by atoms with Gasteiger partial charge in [-0.05, 0) is 91.2 Å². The second-order valence-corrected chi connectivity index (χ2v) is 15.9. The molecule has 0 N–H and O–H groups in total. The lowest BCUT2D eigenvalue weighted by Crippen LogP contribution is -2.34. The molecule has 1 aromatic heterocycles. The highest BCUT2D eigenvalue weighted by Gasteiger charge is 2.26. The first kappa shape index (κ1) is 28.8. The Hall–Kier alpha value is -3.16. The summed E-state index contributed by atoms with van der Waals surface area (Å²) in [7, 11) is 1.91. The fourth-order valence-corrected chi connectivity index (χ4v) is 5.82. The number of rotatable bonds is 11. The van der Waals surface area contributed by atoms with Crippen LogP contribution in [0.1, 0.15) is 59.7 Å². The van der Waals surface area contributed by atoms with Gasteiger partial charge in [0.05, 0.1) is 19.3 Å². The van der Waals surface area contributed by atoms with Crippen LogP contribution in [-0.4, -0.2) is 46.6 Å². The molecule has 0 radical (unpaired) electrons. The van der Waals surface area contributed by atoms with Crippen molar-refractivity contribution in [1.29, 1.82) is 0 Å². The van der Waals surface area contributed by atoms with Crippen LogP contribution in [0.2, 0.25) is 18.6 Å². The Morgan fingerprint density at radius 1 is 1.10 bits per heavy atom. The number of aromatic nitrogens is 1. The molecule has 0 spiro atoms. The molecule has 2 heterocycles. The number of hydrogen-bond acceptors (Lipinski definition) is 6. The molecule has 0 fully saturated rings. The van der Waals surface area contributed by atoms with Crippen LogP contribution < -0.4 is 9.64 Å². The van der Waals surface area contributed by atoms with Crippen molar-refractivity contribution in [3.8, 4) is 5.75 Å². The Labute approximate surface area is 234 Å². The Morgan fingerprint density at radius 2 is 1.85 bits per heavy atom. The van der Waals surface area contributed by atoms with Crippen molar-refractivity contribution < 1.29 is 18.7 Å².